The van der Waals surface area contributed by atoms with Crippen molar-refractivity contribution < 1.29 is 4.74 Å². The molecule has 14 heavy (non-hydrogen) atoms. The molecule has 0 amide bonds. The first kappa shape index (κ1) is 8.81. The fourth-order valence-corrected chi connectivity index (χ4v) is 1.36. The normalized spacial score (nSPS) is 10.1. The number of nitrogens with one attached hydrogen (secondary N) is 1. The Balaban J connectivity index is 2.41. The van der Waals surface area contributed by atoms with Crippen LogP contribution in [-0.2, 0) is 0 Å². The lowest BCUT2D eigenvalue weighted by Gasteiger charge is -2.01. The number of rotatable bonds is 2. The maximum atomic E-state index is 5.15. The molecular weight excluding hydrogens is 176 g/mol. The van der Waals surface area contributed by atoms with Crippen LogP contribution in [0.2, 0.25) is 0 Å². The van der Waals surface area contributed by atoms with Crippen LogP contribution in [0.1, 0.15) is 5.82 Å². The number of methoxy groups -OCH3 is 1. The van der Waals surface area contributed by atoms with Crippen LogP contribution >= 0.6 is 0 Å². The zero-order valence-corrected chi connectivity index (χ0v) is 8.24. The van der Waals surface area contributed by atoms with Crippen LogP contribution < -0.4 is 4.74 Å². The molecule has 0 aliphatic heterocycles. The molecule has 0 saturated heterocycles. The maximum absolute atomic E-state index is 5.15. The smallest absolute Gasteiger partial charge is 0.119 e. The molecule has 0 radical (unpaired) electrons. The molecule has 3 heteroatoms. The van der Waals surface area contributed by atoms with E-state index in [0.717, 1.165) is 22.8 Å². The first-order valence-electron chi connectivity index (χ1n) is 4.45. The Bertz CT molecular complexity index is 434. The zero-order valence-electron chi connectivity index (χ0n) is 8.24. The minimum atomic E-state index is 0.856. The van der Waals surface area contributed by atoms with Crippen LogP contribution in [0.5, 0.6) is 5.75 Å². The fraction of sp³-hybridized carbons (Fsp3) is 0.182. The van der Waals surface area contributed by atoms with E-state index in [9.17, 15) is 0 Å². The van der Waals surface area contributed by atoms with Crippen LogP contribution in [0.15, 0.2) is 30.5 Å². The van der Waals surface area contributed by atoms with Gasteiger partial charge >= 0.3 is 0 Å². The Labute approximate surface area is 82.8 Å². The quantitative estimate of drug-likeness (QED) is 0.785. The standard InChI is InChI=1S/C11H12N2O/c1-8-12-7-11(13-8)9-4-3-5-10(6-9)14-2/h3-7H,1-2H3,(H,12,13). The van der Waals surface area contributed by atoms with E-state index in [1.54, 1.807) is 7.11 Å². The summed E-state index contributed by atoms with van der Waals surface area (Å²) in [4.78, 5) is 7.33. The summed E-state index contributed by atoms with van der Waals surface area (Å²) < 4.78 is 5.15. The molecule has 0 fully saturated rings. The molecule has 1 N–H and O–H groups in total. The highest BCUT2D eigenvalue weighted by molar-refractivity contribution is 5.60. The second-order valence-electron chi connectivity index (χ2n) is 3.11. The minimum Gasteiger partial charge on any atom is -0.497 e. The van der Waals surface area contributed by atoms with Crippen LogP contribution in [0, 0.1) is 6.92 Å². The molecule has 0 saturated carbocycles. The molecule has 0 atom stereocenters. The van der Waals surface area contributed by atoms with Gasteiger partial charge in [-0.15, -0.1) is 0 Å². The fourth-order valence-electron chi connectivity index (χ4n) is 1.36. The van der Waals surface area contributed by atoms with E-state index in [2.05, 4.69) is 9.97 Å². The van der Waals surface area contributed by atoms with Crippen molar-refractivity contribution in [2.45, 2.75) is 6.92 Å². The number of aromatic nitrogens is 2. The van der Waals surface area contributed by atoms with E-state index in [1.807, 2.05) is 37.4 Å². The van der Waals surface area contributed by atoms with Gasteiger partial charge < -0.3 is 9.72 Å². The van der Waals surface area contributed by atoms with Gasteiger partial charge in [0, 0.05) is 5.56 Å². The Morgan fingerprint density at radius 2 is 2.21 bits per heavy atom. The summed E-state index contributed by atoms with van der Waals surface area (Å²) in [6.07, 6.45) is 1.82. The maximum Gasteiger partial charge on any atom is 0.119 e. The van der Waals surface area contributed by atoms with Gasteiger partial charge in [-0.05, 0) is 19.1 Å². The molecular formula is C11H12N2O. The van der Waals surface area contributed by atoms with Crippen molar-refractivity contribution >= 4 is 0 Å². The van der Waals surface area contributed by atoms with Crippen molar-refractivity contribution in [3.63, 3.8) is 0 Å². The Hall–Kier alpha value is -1.77. The second kappa shape index (κ2) is 3.54. The van der Waals surface area contributed by atoms with Crippen molar-refractivity contribution in [3.8, 4) is 17.0 Å². The van der Waals surface area contributed by atoms with Gasteiger partial charge in [0.2, 0.25) is 0 Å². The van der Waals surface area contributed by atoms with Gasteiger partial charge in [-0.1, -0.05) is 12.1 Å². The lowest BCUT2D eigenvalue weighted by Crippen LogP contribution is -1.83. The van der Waals surface area contributed by atoms with Crippen molar-refractivity contribution in [1.29, 1.82) is 0 Å². The molecule has 1 heterocycles. The number of imidazole rings is 1. The number of aryl methyl sites for hydroxylation is 1. The van der Waals surface area contributed by atoms with Gasteiger partial charge in [-0.25, -0.2) is 4.98 Å². The lowest BCUT2D eigenvalue weighted by molar-refractivity contribution is 0.415. The number of aromatic amines is 1. The Morgan fingerprint density at radius 3 is 2.86 bits per heavy atom. The number of hydrogen-bond acceptors (Lipinski definition) is 2. The van der Waals surface area contributed by atoms with Crippen LogP contribution in [0.4, 0.5) is 0 Å². The number of nitrogens with zero attached hydrogens (tertiary/aromatic N) is 1. The number of benzene rings is 1. The van der Waals surface area contributed by atoms with Gasteiger partial charge in [-0.3, -0.25) is 0 Å². The molecule has 0 bridgehead atoms. The number of ether oxygens (including phenoxy) is 1. The van der Waals surface area contributed by atoms with Crippen molar-refractivity contribution in [2.24, 2.45) is 0 Å². The summed E-state index contributed by atoms with van der Waals surface area (Å²) in [6.45, 7) is 1.93. The Kier molecular flexibility index (Phi) is 2.23. The van der Waals surface area contributed by atoms with Crippen LogP contribution in [-0.4, -0.2) is 17.1 Å². The molecule has 2 aromatic rings. The van der Waals surface area contributed by atoms with Crippen LogP contribution in [0.3, 0.4) is 0 Å². The van der Waals surface area contributed by atoms with Gasteiger partial charge in [-0.2, -0.15) is 0 Å². The lowest BCUT2D eigenvalue weighted by atomic mass is 10.1. The molecule has 0 spiro atoms. The predicted molar refractivity (Wildman–Crippen MR) is 55.3 cm³/mol. The van der Waals surface area contributed by atoms with E-state index in [4.69, 9.17) is 4.74 Å². The Morgan fingerprint density at radius 1 is 1.36 bits per heavy atom. The van der Waals surface area contributed by atoms with Crippen LogP contribution in [0.25, 0.3) is 11.3 Å². The van der Waals surface area contributed by atoms with Gasteiger partial charge in [0.25, 0.3) is 0 Å². The zero-order chi connectivity index (χ0) is 9.97. The van der Waals surface area contributed by atoms with E-state index >= 15 is 0 Å². The highest BCUT2D eigenvalue weighted by Crippen LogP contribution is 2.21. The molecule has 0 aliphatic carbocycles. The summed E-state index contributed by atoms with van der Waals surface area (Å²) in [7, 11) is 1.66. The largest absolute Gasteiger partial charge is 0.497 e. The highest BCUT2D eigenvalue weighted by atomic mass is 16.5. The van der Waals surface area contributed by atoms with E-state index < -0.39 is 0 Å². The molecule has 1 aromatic heterocycles. The molecule has 2 rings (SSSR count). The molecule has 1 aromatic carbocycles. The average molecular weight is 188 g/mol. The van der Waals surface area contributed by atoms with E-state index in [1.165, 1.54) is 0 Å². The van der Waals surface area contributed by atoms with Crippen molar-refractivity contribution in [3.05, 3.63) is 36.3 Å². The van der Waals surface area contributed by atoms with Crippen molar-refractivity contribution in [1.82, 2.24) is 9.97 Å². The third-order valence-electron chi connectivity index (χ3n) is 2.08. The third-order valence-corrected chi connectivity index (χ3v) is 2.08. The summed E-state index contributed by atoms with van der Waals surface area (Å²) in [5.74, 6) is 1.78. The van der Waals surface area contributed by atoms with Gasteiger partial charge in [0.05, 0.1) is 19.0 Å². The topological polar surface area (TPSA) is 37.9 Å². The highest BCUT2D eigenvalue weighted by Gasteiger charge is 2.01. The van der Waals surface area contributed by atoms with Crippen molar-refractivity contribution in [2.75, 3.05) is 7.11 Å². The second-order valence-corrected chi connectivity index (χ2v) is 3.11. The first-order chi connectivity index (χ1) is 6.79. The number of hydrogen-bond donors (Lipinski definition) is 1. The van der Waals surface area contributed by atoms with E-state index in [-0.39, 0.29) is 0 Å². The summed E-state index contributed by atoms with van der Waals surface area (Å²) in [5.41, 5.74) is 2.10. The first-order valence-corrected chi connectivity index (χ1v) is 4.45. The molecule has 0 unspecified atom stereocenters. The summed E-state index contributed by atoms with van der Waals surface area (Å²) >= 11 is 0. The molecule has 0 aliphatic rings. The minimum absolute atomic E-state index is 0.856. The van der Waals surface area contributed by atoms with Gasteiger partial charge in [0.1, 0.15) is 11.6 Å². The molecule has 3 nitrogen and oxygen atoms in total. The van der Waals surface area contributed by atoms with Gasteiger partial charge in [0.15, 0.2) is 0 Å². The predicted octanol–water partition coefficient (Wildman–Crippen LogP) is 2.39. The summed E-state index contributed by atoms with van der Waals surface area (Å²) in [6, 6.07) is 7.89. The SMILES string of the molecule is COc1cccc(-c2cnc(C)[nH]2)c1. The summed E-state index contributed by atoms with van der Waals surface area (Å²) in [5, 5.41) is 0. The average Bonchev–Trinajstić information content (AvgIpc) is 2.65. The monoisotopic (exact) mass is 188 g/mol. The number of H-pyrrole nitrogens is 1. The third kappa shape index (κ3) is 1.62. The molecule has 72 valence electrons. The van der Waals surface area contributed by atoms with E-state index in [0.29, 0.717) is 0 Å².